The molecule has 1 atom stereocenters. The molecule has 0 spiro atoms. The highest BCUT2D eigenvalue weighted by molar-refractivity contribution is 5.95. The van der Waals surface area contributed by atoms with E-state index in [0.717, 1.165) is 0 Å². The molecule has 20 heavy (non-hydrogen) atoms. The number of amides is 1. The number of nitro benzene ring substituents is 1. The Morgan fingerprint density at radius 2 is 2.20 bits per heavy atom. The number of ether oxygens (including phenoxy) is 1. The highest BCUT2D eigenvalue weighted by Crippen LogP contribution is 2.27. The van der Waals surface area contributed by atoms with Crippen LogP contribution in [0.1, 0.15) is 30.6 Å². The lowest BCUT2D eigenvalue weighted by Gasteiger charge is -2.27. The van der Waals surface area contributed by atoms with Gasteiger partial charge >= 0.3 is 5.69 Å². The van der Waals surface area contributed by atoms with Crippen LogP contribution >= 0.6 is 0 Å². The van der Waals surface area contributed by atoms with Crippen LogP contribution in [0.4, 0.5) is 5.69 Å². The van der Waals surface area contributed by atoms with Gasteiger partial charge in [0.2, 0.25) is 0 Å². The molecule has 0 bridgehead atoms. The molecular formula is C13H18N2O5. The molecule has 0 aliphatic heterocycles. The zero-order valence-electron chi connectivity index (χ0n) is 11.7. The van der Waals surface area contributed by atoms with Crippen LogP contribution in [0.25, 0.3) is 0 Å². The maximum atomic E-state index is 12.1. The molecule has 1 aromatic rings. The Balaban J connectivity index is 3.03. The summed E-state index contributed by atoms with van der Waals surface area (Å²) < 4.78 is 4.91. The lowest BCUT2D eigenvalue weighted by atomic mass is 9.99. The van der Waals surface area contributed by atoms with Gasteiger partial charge in [-0.1, -0.05) is 6.92 Å². The normalized spacial score (nSPS) is 13.4. The fourth-order valence-corrected chi connectivity index (χ4v) is 1.56. The minimum absolute atomic E-state index is 0.0184. The number of nitro groups is 1. The molecule has 110 valence electrons. The number of aliphatic hydroxyl groups excluding tert-OH is 1. The first-order valence-corrected chi connectivity index (χ1v) is 6.12. The number of rotatable bonds is 6. The molecule has 0 aliphatic carbocycles. The van der Waals surface area contributed by atoms with E-state index < -0.39 is 16.4 Å². The Morgan fingerprint density at radius 1 is 1.55 bits per heavy atom. The lowest BCUT2D eigenvalue weighted by Crippen LogP contribution is -2.48. The summed E-state index contributed by atoms with van der Waals surface area (Å²) in [6.45, 7) is 3.36. The third-order valence-electron chi connectivity index (χ3n) is 3.18. The summed E-state index contributed by atoms with van der Waals surface area (Å²) >= 11 is 0. The van der Waals surface area contributed by atoms with E-state index in [1.54, 1.807) is 6.92 Å². The van der Waals surface area contributed by atoms with Gasteiger partial charge in [0.1, 0.15) is 0 Å². The topological polar surface area (TPSA) is 102 Å². The molecule has 1 unspecified atom stereocenters. The summed E-state index contributed by atoms with van der Waals surface area (Å²) in [5, 5.41) is 22.7. The average Bonchev–Trinajstić information content (AvgIpc) is 2.46. The van der Waals surface area contributed by atoms with Gasteiger partial charge in [-0.3, -0.25) is 14.9 Å². The molecule has 0 fully saturated rings. The van der Waals surface area contributed by atoms with Gasteiger partial charge in [-0.15, -0.1) is 0 Å². The highest BCUT2D eigenvalue weighted by Gasteiger charge is 2.25. The van der Waals surface area contributed by atoms with Crippen LogP contribution in [0.5, 0.6) is 5.75 Å². The molecule has 7 heteroatoms. The first-order chi connectivity index (χ1) is 9.36. The third-order valence-corrected chi connectivity index (χ3v) is 3.18. The molecule has 1 amide bonds. The average molecular weight is 282 g/mol. The molecule has 0 aliphatic rings. The highest BCUT2D eigenvalue weighted by atomic mass is 16.6. The third kappa shape index (κ3) is 3.45. The van der Waals surface area contributed by atoms with Gasteiger partial charge in [-0.25, -0.2) is 0 Å². The Hall–Kier alpha value is -2.15. The number of carbonyl (C=O) groups excluding carboxylic acids is 1. The zero-order valence-corrected chi connectivity index (χ0v) is 11.7. The van der Waals surface area contributed by atoms with Gasteiger partial charge in [-0.05, 0) is 19.4 Å². The number of benzene rings is 1. The number of aliphatic hydroxyl groups is 1. The van der Waals surface area contributed by atoms with Gasteiger partial charge < -0.3 is 15.2 Å². The van der Waals surface area contributed by atoms with E-state index in [-0.39, 0.29) is 23.6 Å². The smallest absolute Gasteiger partial charge is 0.310 e. The second-order valence-corrected chi connectivity index (χ2v) is 4.67. The Labute approximate surface area is 116 Å². The van der Waals surface area contributed by atoms with Gasteiger partial charge in [-0.2, -0.15) is 0 Å². The standard InChI is InChI=1S/C13H18N2O5/c1-4-13(2,8-16)14-12(17)9-5-6-10(15(18)19)11(7-9)20-3/h5-7,16H,4,8H2,1-3H3,(H,14,17). The van der Waals surface area contributed by atoms with Crippen molar-refractivity contribution in [3.63, 3.8) is 0 Å². The second-order valence-electron chi connectivity index (χ2n) is 4.67. The van der Waals surface area contributed by atoms with E-state index in [4.69, 9.17) is 4.74 Å². The van der Waals surface area contributed by atoms with Crippen molar-refractivity contribution in [3.8, 4) is 5.75 Å². The number of nitrogens with one attached hydrogen (secondary N) is 1. The van der Waals surface area contributed by atoms with Gasteiger partial charge in [0.05, 0.1) is 24.2 Å². The molecular weight excluding hydrogens is 264 g/mol. The molecule has 0 saturated carbocycles. The molecule has 2 N–H and O–H groups in total. The Morgan fingerprint density at radius 3 is 2.65 bits per heavy atom. The van der Waals surface area contributed by atoms with Crippen LogP contribution in [0.15, 0.2) is 18.2 Å². The van der Waals surface area contributed by atoms with Crippen molar-refractivity contribution in [1.29, 1.82) is 0 Å². The second kappa shape index (κ2) is 6.33. The summed E-state index contributed by atoms with van der Waals surface area (Å²) in [6, 6.07) is 3.88. The minimum Gasteiger partial charge on any atom is -0.490 e. The van der Waals surface area contributed by atoms with Crippen LogP contribution in [0.3, 0.4) is 0 Å². The number of hydrogen-bond donors (Lipinski definition) is 2. The summed E-state index contributed by atoms with van der Waals surface area (Å²) in [5.74, 6) is -0.401. The minimum atomic E-state index is -0.730. The van der Waals surface area contributed by atoms with Crippen molar-refractivity contribution in [1.82, 2.24) is 5.32 Å². The van der Waals surface area contributed by atoms with E-state index in [9.17, 15) is 20.0 Å². The van der Waals surface area contributed by atoms with E-state index in [2.05, 4.69) is 5.32 Å². The Bertz CT molecular complexity index is 511. The molecule has 1 aromatic carbocycles. The lowest BCUT2D eigenvalue weighted by molar-refractivity contribution is -0.385. The molecule has 0 radical (unpaired) electrons. The molecule has 0 heterocycles. The monoisotopic (exact) mass is 282 g/mol. The van der Waals surface area contributed by atoms with Crippen molar-refractivity contribution in [3.05, 3.63) is 33.9 Å². The van der Waals surface area contributed by atoms with Crippen molar-refractivity contribution in [2.45, 2.75) is 25.8 Å². The first-order valence-electron chi connectivity index (χ1n) is 6.12. The van der Waals surface area contributed by atoms with Crippen molar-refractivity contribution < 1.29 is 19.6 Å². The maximum Gasteiger partial charge on any atom is 0.310 e. The number of methoxy groups -OCH3 is 1. The number of nitrogens with zero attached hydrogens (tertiary/aromatic N) is 1. The maximum absolute atomic E-state index is 12.1. The van der Waals surface area contributed by atoms with Gasteiger partial charge in [0.25, 0.3) is 5.91 Å². The fraction of sp³-hybridized carbons (Fsp3) is 0.462. The summed E-state index contributed by atoms with van der Waals surface area (Å²) in [7, 11) is 1.30. The van der Waals surface area contributed by atoms with E-state index in [1.807, 2.05) is 6.92 Å². The van der Waals surface area contributed by atoms with Gasteiger partial charge in [0, 0.05) is 17.7 Å². The number of carbonyl (C=O) groups is 1. The van der Waals surface area contributed by atoms with E-state index in [0.29, 0.717) is 6.42 Å². The van der Waals surface area contributed by atoms with Crippen LogP contribution in [0, 0.1) is 10.1 Å². The van der Waals surface area contributed by atoms with Crippen LogP contribution in [0.2, 0.25) is 0 Å². The molecule has 0 aromatic heterocycles. The number of hydrogen-bond acceptors (Lipinski definition) is 5. The van der Waals surface area contributed by atoms with Crippen molar-refractivity contribution >= 4 is 11.6 Å². The quantitative estimate of drug-likeness (QED) is 0.608. The predicted molar refractivity (Wildman–Crippen MR) is 72.9 cm³/mol. The van der Waals surface area contributed by atoms with Crippen molar-refractivity contribution in [2.75, 3.05) is 13.7 Å². The van der Waals surface area contributed by atoms with Crippen LogP contribution in [-0.4, -0.2) is 35.2 Å². The van der Waals surface area contributed by atoms with E-state index in [1.165, 1.54) is 25.3 Å². The zero-order chi connectivity index (χ0) is 15.3. The summed E-state index contributed by atoms with van der Waals surface area (Å²) in [5.41, 5.74) is -0.698. The largest absolute Gasteiger partial charge is 0.490 e. The van der Waals surface area contributed by atoms with Crippen LogP contribution < -0.4 is 10.1 Å². The Kier molecular flexibility index (Phi) is 5.04. The van der Waals surface area contributed by atoms with E-state index >= 15 is 0 Å². The van der Waals surface area contributed by atoms with Crippen LogP contribution in [-0.2, 0) is 0 Å². The van der Waals surface area contributed by atoms with Crippen molar-refractivity contribution in [2.24, 2.45) is 0 Å². The SMILES string of the molecule is CCC(C)(CO)NC(=O)c1ccc([N+](=O)[O-])c(OC)c1. The fourth-order valence-electron chi connectivity index (χ4n) is 1.56. The van der Waals surface area contributed by atoms with Gasteiger partial charge in [0.15, 0.2) is 5.75 Å². The first kappa shape index (κ1) is 15.9. The molecule has 0 saturated heterocycles. The molecule has 1 rings (SSSR count). The summed E-state index contributed by atoms with van der Waals surface area (Å²) in [4.78, 5) is 22.3. The predicted octanol–water partition coefficient (Wildman–Crippen LogP) is 1.49. The molecule has 7 nitrogen and oxygen atoms in total. The summed E-state index contributed by atoms with van der Waals surface area (Å²) in [6.07, 6.45) is 0.555.